The van der Waals surface area contributed by atoms with Crippen molar-refractivity contribution in [2.75, 3.05) is 11.9 Å². The van der Waals surface area contributed by atoms with Crippen molar-refractivity contribution in [2.45, 2.75) is 13.8 Å². The molecule has 0 aromatic heterocycles. The fourth-order valence-corrected chi connectivity index (χ4v) is 1.87. The highest BCUT2D eigenvalue weighted by atomic mass is 79.9. The molecule has 0 bridgehead atoms. The van der Waals surface area contributed by atoms with Gasteiger partial charge in [-0.3, -0.25) is 10.4 Å². The maximum absolute atomic E-state index is 6.04. The molecule has 88 valence electrons. The largest absolute Gasteiger partial charge is 0.324 e. The van der Waals surface area contributed by atoms with Crippen LogP contribution in [0.25, 0.3) is 0 Å². The van der Waals surface area contributed by atoms with Crippen LogP contribution >= 0.6 is 27.5 Å². The van der Waals surface area contributed by atoms with Gasteiger partial charge in [-0.15, -0.1) is 0 Å². The molecule has 1 aromatic carbocycles. The number of hydrogen-bond acceptors (Lipinski definition) is 2. The zero-order valence-corrected chi connectivity index (χ0v) is 11.5. The van der Waals surface area contributed by atoms with E-state index in [1.165, 1.54) is 0 Å². The lowest BCUT2D eigenvalue weighted by atomic mass is 10.2. The Balaban J connectivity index is 2.97. The van der Waals surface area contributed by atoms with Crippen molar-refractivity contribution in [3.05, 3.63) is 27.2 Å². The van der Waals surface area contributed by atoms with Gasteiger partial charge >= 0.3 is 0 Å². The van der Waals surface area contributed by atoms with Gasteiger partial charge in [0.2, 0.25) is 5.96 Å². The van der Waals surface area contributed by atoms with Crippen LogP contribution in [-0.4, -0.2) is 12.5 Å². The summed E-state index contributed by atoms with van der Waals surface area (Å²) in [5.41, 5.74) is 4.32. The molecule has 0 spiro atoms. The predicted molar refractivity (Wildman–Crippen MR) is 72.8 cm³/mol. The van der Waals surface area contributed by atoms with E-state index < -0.39 is 0 Å². The number of anilines is 1. The molecule has 0 radical (unpaired) electrons. The Bertz CT molecular complexity index is 406. The smallest absolute Gasteiger partial charge is 0.210 e. The minimum atomic E-state index is 0.503. The number of benzene rings is 1. The summed E-state index contributed by atoms with van der Waals surface area (Å²) in [6.07, 6.45) is 0. The van der Waals surface area contributed by atoms with Gasteiger partial charge < -0.3 is 5.32 Å². The second kappa shape index (κ2) is 6.08. The van der Waals surface area contributed by atoms with Crippen molar-refractivity contribution < 1.29 is 0 Å². The number of nitrogens with two attached hydrogens (primary N) is 1. The van der Waals surface area contributed by atoms with E-state index in [0.29, 0.717) is 17.5 Å². The Morgan fingerprint density at radius 3 is 2.81 bits per heavy atom. The fourth-order valence-electron chi connectivity index (χ4n) is 1.15. The molecule has 0 aliphatic rings. The van der Waals surface area contributed by atoms with E-state index in [9.17, 15) is 0 Å². The second-order valence-corrected chi connectivity index (χ2v) is 4.44. The summed E-state index contributed by atoms with van der Waals surface area (Å²) < 4.78 is 0.911. The number of nitrogens with one attached hydrogen (secondary N) is 2. The average Bonchev–Trinajstić information content (AvgIpc) is 2.25. The lowest BCUT2D eigenvalue weighted by Crippen LogP contribution is -2.36. The number of aryl methyl sites for hydroxylation is 1. The van der Waals surface area contributed by atoms with E-state index in [2.05, 4.69) is 31.7 Å². The predicted octanol–water partition coefficient (Wildman–Crippen LogP) is 2.66. The maximum atomic E-state index is 6.04. The van der Waals surface area contributed by atoms with Crippen molar-refractivity contribution in [3.8, 4) is 0 Å². The number of hydrazine groups is 1. The molecule has 0 atom stereocenters. The van der Waals surface area contributed by atoms with E-state index in [4.69, 9.17) is 17.4 Å². The molecule has 16 heavy (non-hydrogen) atoms. The topological polar surface area (TPSA) is 62.4 Å². The molecule has 4 N–H and O–H groups in total. The molecule has 0 aliphatic heterocycles. The third kappa shape index (κ3) is 3.37. The van der Waals surface area contributed by atoms with Gasteiger partial charge in [-0.25, -0.2) is 5.84 Å². The van der Waals surface area contributed by atoms with Crippen LogP contribution < -0.4 is 16.6 Å². The highest BCUT2D eigenvalue weighted by Crippen LogP contribution is 2.28. The Hall–Kier alpha value is -0.780. The quantitative estimate of drug-likeness (QED) is 0.341. The van der Waals surface area contributed by atoms with Gasteiger partial charge in [-0.1, -0.05) is 11.6 Å². The number of rotatable bonds is 2. The standard InChI is InChI=1S/C10H14BrClN4/c1-3-14-10(16-13)15-9-5-8(12)6(2)4-7(9)11/h4-5H,3,13H2,1-2H3,(H2,14,15,16). The van der Waals surface area contributed by atoms with Gasteiger partial charge in [-0.05, 0) is 47.5 Å². The minimum absolute atomic E-state index is 0.503. The molecular formula is C10H14BrClN4. The number of halogens is 2. The minimum Gasteiger partial charge on any atom is -0.324 e. The molecule has 0 heterocycles. The van der Waals surface area contributed by atoms with Crippen LogP contribution in [-0.2, 0) is 0 Å². The van der Waals surface area contributed by atoms with Gasteiger partial charge in [0.1, 0.15) is 0 Å². The average molecular weight is 306 g/mol. The normalized spacial score (nSPS) is 11.4. The van der Waals surface area contributed by atoms with E-state index >= 15 is 0 Å². The van der Waals surface area contributed by atoms with Gasteiger partial charge in [-0.2, -0.15) is 0 Å². The third-order valence-electron chi connectivity index (χ3n) is 1.95. The summed E-state index contributed by atoms with van der Waals surface area (Å²) in [5, 5.41) is 3.74. The van der Waals surface area contributed by atoms with E-state index in [1.807, 2.05) is 26.0 Å². The first kappa shape index (κ1) is 13.3. The Morgan fingerprint density at radius 1 is 1.56 bits per heavy atom. The van der Waals surface area contributed by atoms with Crippen LogP contribution in [0.4, 0.5) is 5.69 Å². The Kier molecular flexibility index (Phi) is 5.05. The molecule has 0 unspecified atom stereocenters. The van der Waals surface area contributed by atoms with Gasteiger partial charge in [0.15, 0.2) is 0 Å². The van der Waals surface area contributed by atoms with E-state index in [1.54, 1.807) is 0 Å². The van der Waals surface area contributed by atoms with Crippen LogP contribution in [0.2, 0.25) is 5.02 Å². The summed E-state index contributed by atoms with van der Waals surface area (Å²) in [6.45, 7) is 4.51. The second-order valence-electron chi connectivity index (χ2n) is 3.17. The van der Waals surface area contributed by atoms with Crippen LogP contribution in [0.1, 0.15) is 12.5 Å². The summed E-state index contributed by atoms with van der Waals surface area (Å²) in [6, 6.07) is 3.76. The first-order chi connectivity index (χ1) is 7.58. The monoisotopic (exact) mass is 304 g/mol. The molecule has 4 nitrogen and oxygen atoms in total. The molecule has 0 saturated heterocycles. The number of aliphatic imine (C=N–C) groups is 1. The maximum Gasteiger partial charge on any atom is 0.210 e. The summed E-state index contributed by atoms with van der Waals surface area (Å²) >= 11 is 9.48. The molecule has 0 aliphatic carbocycles. The van der Waals surface area contributed by atoms with Crippen molar-refractivity contribution in [1.82, 2.24) is 5.43 Å². The van der Waals surface area contributed by atoms with Gasteiger partial charge in [0.25, 0.3) is 0 Å². The molecule has 0 fully saturated rings. The van der Waals surface area contributed by atoms with Crippen molar-refractivity contribution in [1.29, 1.82) is 0 Å². The summed E-state index contributed by atoms with van der Waals surface area (Å²) in [5.74, 6) is 5.84. The SMILES string of the molecule is CCN=C(NN)Nc1cc(Cl)c(C)cc1Br. The lowest BCUT2D eigenvalue weighted by Gasteiger charge is -2.12. The van der Waals surface area contributed by atoms with Crippen LogP contribution in [0.3, 0.4) is 0 Å². The number of nitrogens with zero attached hydrogens (tertiary/aromatic N) is 1. The molecule has 6 heteroatoms. The summed E-state index contributed by atoms with van der Waals surface area (Å²) in [4.78, 5) is 4.14. The van der Waals surface area contributed by atoms with Gasteiger partial charge in [0, 0.05) is 16.0 Å². The fraction of sp³-hybridized carbons (Fsp3) is 0.300. The molecule has 1 aromatic rings. The van der Waals surface area contributed by atoms with Crippen LogP contribution in [0.15, 0.2) is 21.6 Å². The first-order valence-corrected chi connectivity index (χ1v) is 5.99. The highest BCUT2D eigenvalue weighted by molar-refractivity contribution is 9.10. The third-order valence-corrected chi connectivity index (χ3v) is 3.02. The zero-order valence-electron chi connectivity index (χ0n) is 9.14. The van der Waals surface area contributed by atoms with Gasteiger partial charge in [0.05, 0.1) is 5.69 Å². The summed E-state index contributed by atoms with van der Waals surface area (Å²) in [7, 11) is 0. The van der Waals surface area contributed by atoms with Crippen LogP contribution in [0, 0.1) is 6.92 Å². The highest BCUT2D eigenvalue weighted by Gasteiger charge is 2.05. The Labute approximate surface area is 108 Å². The van der Waals surface area contributed by atoms with E-state index in [-0.39, 0.29) is 0 Å². The number of hydrogen-bond donors (Lipinski definition) is 3. The van der Waals surface area contributed by atoms with Crippen molar-refractivity contribution in [2.24, 2.45) is 10.8 Å². The molecular weight excluding hydrogens is 291 g/mol. The molecule has 0 saturated carbocycles. The first-order valence-electron chi connectivity index (χ1n) is 4.82. The number of guanidine groups is 1. The zero-order chi connectivity index (χ0) is 12.1. The lowest BCUT2D eigenvalue weighted by molar-refractivity contribution is 0.986. The van der Waals surface area contributed by atoms with Crippen LogP contribution in [0.5, 0.6) is 0 Å². The molecule has 0 amide bonds. The Morgan fingerprint density at radius 2 is 2.25 bits per heavy atom. The molecule has 1 rings (SSSR count). The van der Waals surface area contributed by atoms with E-state index in [0.717, 1.165) is 15.7 Å². The van der Waals surface area contributed by atoms with Crippen molar-refractivity contribution in [3.63, 3.8) is 0 Å². The van der Waals surface area contributed by atoms with Crippen molar-refractivity contribution >= 4 is 39.2 Å².